The van der Waals surface area contributed by atoms with E-state index in [1.54, 1.807) is 19.1 Å². The van der Waals surface area contributed by atoms with E-state index in [1.165, 1.54) is 7.11 Å². The van der Waals surface area contributed by atoms with Crippen molar-refractivity contribution in [2.24, 2.45) is 5.92 Å². The average molecular weight is 273 g/mol. The van der Waals surface area contributed by atoms with E-state index in [9.17, 15) is 9.90 Å². The van der Waals surface area contributed by atoms with Crippen LogP contribution >= 0.6 is 15.9 Å². The number of carbonyl (C=O) groups is 1. The van der Waals surface area contributed by atoms with Crippen molar-refractivity contribution in [1.29, 1.82) is 0 Å². The smallest absolute Gasteiger partial charge is 0.311 e. The Kier molecular flexibility index (Phi) is 4.29. The van der Waals surface area contributed by atoms with Gasteiger partial charge in [0.25, 0.3) is 0 Å². The maximum Gasteiger partial charge on any atom is 0.311 e. The molecule has 0 spiro atoms. The van der Waals surface area contributed by atoms with E-state index in [0.717, 1.165) is 4.47 Å². The molecule has 0 bridgehead atoms. The highest BCUT2D eigenvalue weighted by Crippen LogP contribution is 2.24. The van der Waals surface area contributed by atoms with E-state index in [0.29, 0.717) is 5.56 Å². The van der Waals surface area contributed by atoms with Crippen LogP contribution in [0, 0.1) is 5.92 Å². The van der Waals surface area contributed by atoms with Gasteiger partial charge in [0.05, 0.1) is 19.1 Å². The predicted octanol–water partition coefficient (Wildman–Crippen LogP) is 2.29. The van der Waals surface area contributed by atoms with Crippen molar-refractivity contribution in [3.63, 3.8) is 0 Å². The van der Waals surface area contributed by atoms with Crippen LogP contribution in [0.15, 0.2) is 28.7 Å². The standard InChI is InChI=1S/C11H13BrO3/c1-7(11(14)15-2)10(13)8-3-5-9(12)6-4-8/h3-7,10,13H,1-2H3/t7-,10+/m1/s1. The number of rotatable bonds is 3. The molecule has 1 aromatic rings. The van der Waals surface area contributed by atoms with Crippen molar-refractivity contribution in [3.8, 4) is 0 Å². The molecule has 4 heteroatoms. The molecule has 0 aliphatic heterocycles. The van der Waals surface area contributed by atoms with Gasteiger partial charge in [0.1, 0.15) is 0 Å². The number of halogens is 1. The summed E-state index contributed by atoms with van der Waals surface area (Å²) in [7, 11) is 1.31. The Morgan fingerprint density at radius 3 is 2.40 bits per heavy atom. The minimum atomic E-state index is -0.828. The number of methoxy groups -OCH3 is 1. The van der Waals surface area contributed by atoms with Gasteiger partial charge in [-0.2, -0.15) is 0 Å². The van der Waals surface area contributed by atoms with Crippen LogP contribution in [-0.2, 0) is 9.53 Å². The Morgan fingerprint density at radius 1 is 1.40 bits per heavy atom. The molecular weight excluding hydrogens is 260 g/mol. The summed E-state index contributed by atoms with van der Waals surface area (Å²) in [4.78, 5) is 11.2. The Balaban J connectivity index is 2.80. The Bertz CT molecular complexity index is 334. The molecule has 82 valence electrons. The largest absolute Gasteiger partial charge is 0.469 e. The summed E-state index contributed by atoms with van der Waals surface area (Å²) >= 11 is 3.30. The van der Waals surface area contributed by atoms with Gasteiger partial charge < -0.3 is 9.84 Å². The van der Waals surface area contributed by atoms with Crippen molar-refractivity contribution in [1.82, 2.24) is 0 Å². The van der Waals surface area contributed by atoms with Crippen LogP contribution in [0.1, 0.15) is 18.6 Å². The summed E-state index contributed by atoms with van der Waals surface area (Å²) in [5, 5.41) is 9.87. The second-order valence-electron chi connectivity index (χ2n) is 3.31. The fraction of sp³-hybridized carbons (Fsp3) is 0.364. The Labute approximate surface area is 97.2 Å². The van der Waals surface area contributed by atoms with Crippen molar-refractivity contribution in [3.05, 3.63) is 34.3 Å². The third-order valence-electron chi connectivity index (χ3n) is 2.26. The van der Waals surface area contributed by atoms with Gasteiger partial charge in [-0.15, -0.1) is 0 Å². The SMILES string of the molecule is COC(=O)[C@H](C)[C@H](O)c1ccc(Br)cc1. The van der Waals surface area contributed by atoms with E-state index in [4.69, 9.17) is 0 Å². The van der Waals surface area contributed by atoms with Crippen LogP contribution in [0.5, 0.6) is 0 Å². The molecule has 3 nitrogen and oxygen atoms in total. The Morgan fingerprint density at radius 2 is 1.93 bits per heavy atom. The first-order valence-electron chi connectivity index (χ1n) is 4.57. The molecule has 0 unspecified atom stereocenters. The first-order chi connectivity index (χ1) is 7.06. The van der Waals surface area contributed by atoms with E-state index >= 15 is 0 Å². The molecule has 1 aromatic carbocycles. The minimum Gasteiger partial charge on any atom is -0.469 e. The normalized spacial score (nSPS) is 14.4. The van der Waals surface area contributed by atoms with Crippen LogP contribution in [0.2, 0.25) is 0 Å². The number of carbonyl (C=O) groups excluding carboxylic acids is 1. The summed E-state index contributed by atoms with van der Waals surface area (Å²) < 4.78 is 5.50. The van der Waals surface area contributed by atoms with Crippen molar-refractivity contribution < 1.29 is 14.6 Å². The Hall–Kier alpha value is -0.870. The third-order valence-corrected chi connectivity index (χ3v) is 2.79. The van der Waals surface area contributed by atoms with Gasteiger partial charge in [0.2, 0.25) is 0 Å². The monoisotopic (exact) mass is 272 g/mol. The van der Waals surface area contributed by atoms with Crippen LogP contribution in [0.4, 0.5) is 0 Å². The first kappa shape index (κ1) is 12.2. The zero-order chi connectivity index (χ0) is 11.4. The number of ether oxygens (including phenoxy) is 1. The second-order valence-corrected chi connectivity index (χ2v) is 4.22. The van der Waals surface area contributed by atoms with Crippen LogP contribution in [-0.4, -0.2) is 18.2 Å². The van der Waals surface area contributed by atoms with E-state index in [2.05, 4.69) is 20.7 Å². The number of aliphatic hydroxyl groups is 1. The molecule has 0 aromatic heterocycles. The summed E-state index contributed by atoms with van der Waals surface area (Å²) in [6, 6.07) is 7.19. The molecule has 0 heterocycles. The zero-order valence-electron chi connectivity index (χ0n) is 8.61. The first-order valence-corrected chi connectivity index (χ1v) is 5.37. The molecule has 0 aliphatic rings. The summed E-state index contributed by atoms with van der Waals surface area (Å²) in [6.07, 6.45) is -0.828. The number of hydrogen-bond donors (Lipinski definition) is 1. The zero-order valence-corrected chi connectivity index (χ0v) is 10.2. The lowest BCUT2D eigenvalue weighted by Crippen LogP contribution is -2.20. The fourth-order valence-electron chi connectivity index (χ4n) is 1.26. The molecule has 15 heavy (non-hydrogen) atoms. The topological polar surface area (TPSA) is 46.5 Å². The lowest BCUT2D eigenvalue weighted by Gasteiger charge is -2.16. The third kappa shape index (κ3) is 3.04. The molecule has 0 amide bonds. The number of aliphatic hydroxyl groups excluding tert-OH is 1. The lowest BCUT2D eigenvalue weighted by atomic mass is 9.98. The van der Waals surface area contributed by atoms with Gasteiger partial charge in [-0.3, -0.25) is 4.79 Å². The minimum absolute atomic E-state index is 0.412. The molecule has 0 fully saturated rings. The quantitative estimate of drug-likeness (QED) is 0.859. The highest BCUT2D eigenvalue weighted by atomic mass is 79.9. The van der Waals surface area contributed by atoms with Crippen LogP contribution in [0.25, 0.3) is 0 Å². The fourth-order valence-corrected chi connectivity index (χ4v) is 1.53. The molecule has 0 radical (unpaired) electrons. The lowest BCUT2D eigenvalue weighted by molar-refractivity contribution is -0.148. The van der Waals surface area contributed by atoms with Gasteiger partial charge in [-0.1, -0.05) is 28.1 Å². The molecule has 1 N–H and O–H groups in total. The van der Waals surface area contributed by atoms with Gasteiger partial charge in [0, 0.05) is 4.47 Å². The summed E-state index contributed by atoms with van der Waals surface area (Å²) in [6.45, 7) is 1.64. The van der Waals surface area contributed by atoms with Crippen LogP contribution in [0.3, 0.4) is 0 Å². The maximum absolute atomic E-state index is 11.2. The average Bonchev–Trinajstić information content (AvgIpc) is 2.27. The molecule has 1 rings (SSSR count). The van der Waals surface area contributed by atoms with Gasteiger partial charge in [0.15, 0.2) is 0 Å². The van der Waals surface area contributed by atoms with Gasteiger partial charge >= 0.3 is 5.97 Å². The van der Waals surface area contributed by atoms with Crippen molar-refractivity contribution >= 4 is 21.9 Å². The maximum atomic E-state index is 11.2. The number of benzene rings is 1. The van der Waals surface area contributed by atoms with E-state index in [1.807, 2.05) is 12.1 Å². The van der Waals surface area contributed by atoms with E-state index in [-0.39, 0.29) is 0 Å². The molecule has 0 saturated heterocycles. The van der Waals surface area contributed by atoms with Crippen molar-refractivity contribution in [2.75, 3.05) is 7.11 Å². The predicted molar refractivity (Wildman–Crippen MR) is 60.3 cm³/mol. The highest BCUT2D eigenvalue weighted by Gasteiger charge is 2.23. The van der Waals surface area contributed by atoms with E-state index < -0.39 is 18.0 Å². The number of esters is 1. The van der Waals surface area contributed by atoms with Crippen molar-refractivity contribution in [2.45, 2.75) is 13.0 Å². The summed E-state index contributed by atoms with van der Waals surface area (Å²) in [5.41, 5.74) is 0.705. The van der Waals surface area contributed by atoms with Gasteiger partial charge in [-0.05, 0) is 24.6 Å². The molecule has 0 aliphatic carbocycles. The second kappa shape index (κ2) is 5.28. The summed E-state index contributed by atoms with van der Waals surface area (Å²) in [5.74, 6) is -0.971. The number of hydrogen-bond acceptors (Lipinski definition) is 3. The molecule has 0 saturated carbocycles. The van der Waals surface area contributed by atoms with Crippen LogP contribution < -0.4 is 0 Å². The highest BCUT2D eigenvalue weighted by molar-refractivity contribution is 9.10. The van der Waals surface area contributed by atoms with Gasteiger partial charge in [-0.25, -0.2) is 0 Å². The molecular formula is C11H13BrO3. The molecule has 2 atom stereocenters.